The molecule has 0 radical (unpaired) electrons. The fraction of sp³-hybridized carbons (Fsp3) is 1.00. The standard InChI is InChI=1S/C11H26N2/c1-9(2)7-11(5,8-12)13(6)10(3)4/h9-10H,7-8,12H2,1-6H3. The lowest BCUT2D eigenvalue weighted by atomic mass is 9.88. The predicted octanol–water partition coefficient (Wildman–Crippen LogP) is 2.09. The molecule has 0 aliphatic rings. The second-order valence-corrected chi connectivity index (χ2v) is 5.00. The van der Waals surface area contributed by atoms with Crippen LogP contribution < -0.4 is 5.73 Å². The molecule has 0 fully saturated rings. The van der Waals surface area contributed by atoms with Crippen LogP contribution in [0, 0.1) is 5.92 Å². The van der Waals surface area contributed by atoms with Crippen molar-refractivity contribution in [2.45, 2.75) is 52.6 Å². The number of likely N-dealkylation sites (N-methyl/N-ethyl adjacent to an activating group) is 1. The van der Waals surface area contributed by atoms with Crippen molar-refractivity contribution in [3.05, 3.63) is 0 Å². The second kappa shape index (κ2) is 4.97. The summed E-state index contributed by atoms with van der Waals surface area (Å²) in [7, 11) is 2.17. The monoisotopic (exact) mass is 186 g/mol. The summed E-state index contributed by atoms with van der Waals surface area (Å²) in [4.78, 5) is 2.38. The quantitative estimate of drug-likeness (QED) is 0.712. The van der Waals surface area contributed by atoms with E-state index in [1.54, 1.807) is 0 Å². The average Bonchev–Trinajstić information content (AvgIpc) is 2.01. The van der Waals surface area contributed by atoms with Gasteiger partial charge in [0.15, 0.2) is 0 Å². The van der Waals surface area contributed by atoms with E-state index in [1.165, 1.54) is 0 Å². The van der Waals surface area contributed by atoms with Crippen molar-refractivity contribution in [3.8, 4) is 0 Å². The molecular weight excluding hydrogens is 160 g/mol. The second-order valence-electron chi connectivity index (χ2n) is 5.00. The Labute approximate surface area is 83.5 Å². The maximum absolute atomic E-state index is 5.85. The molecule has 0 aromatic rings. The van der Waals surface area contributed by atoms with Crippen LogP contribution in [0.5, 0.6) is 0 Å². The van der Waals surface area contributed by atoms with Crippen molar-refractivity contribution in [1.29, 1.82) is 0 Å². The first-order chi connectivity index (χ1) is 5.83. The number of hydrogen-bond donors (Lipinski definition) is 1. The van der Waals surface area contributed by atoms with E-state index in [9.17, 15) is 0 Å². The van der Waals surface area contributed by atoms with E-state index < -0.39 is 0 Å². The number of nitrogens with zero attached hydrogens (tertiary/aromatic N) is 1. The molecule has 0 aliphatic heterocycles. The smallest absolute Gasteiger partial charge is 0.0305 e. The van der Waals surface area contributed by atoms with Crippen LogP contribution in [-0.4, -0.2) is 30.1 Å². The van der Waals surface area contributed by atoms with E-state index in [1.807, 2.05) is 0 Å². The van der Waals surface area contributed by atoms with Gasteiger partial charge in [0.25, 0.3) is 0 Å². The molecule has 0 spiro atoms. The molecule has 1 atom stereocenters. The summed E-state index contributed by atoms with van der Waals surface area (Å²) < 4.78 is 0. The summed E-state index contributed by atoms with van der Waals surface area (Å²) >= 11 is 0. The lowest BCUT2D eigenvalue weighted by Crippen LogP contribution is -2.53. The first-order valence-corrected chi connectivity index (χ1v) is 5.26. The van der Waals surface area contributed by atoms with Crippen LogP contribution in [0.1, 0.15) is 41.0 Å². The minimum Gasteiger partial charge on any atom is -0.329 e. The van der Waals surface area contributed by atoms with Gasteiger partial charge in [-0.25, -0.2) is 0 Å². The van der Waals surface area contributed by atoms with E-state index in [0.717, 1.165) is 13.0 Å². The van der Waals surface area contributed by atoms with Crippen LogP contribution in [-0.2, 0) is 0 Å². The summed E-state index contributed by atoms with van der Waals surface area (Å²) in [6.07, 6.45) is 1.16. The van der Waals surface area contributed by atoms with Gasteiger partial charge in [0, 0.05) is 18.1 Å². The zero-order valence-electron chi connectivity index (χ0n) is 10.1. The van der Waals surface area contributed by atoms with Crippen LogP contribution >= 0.6 is 0 Å². The van der Waals surface area contributed by atoms with Gasteiger partial charge in [0.2, 0.25) is 0 Å². The highest BCUT2D eigenvalue weighted by molar-refractivity contribution is 4.87. The third-order valence-electron chi connectivity index (χ3n) is 2.91. The molecule has 0 aromatic carbocycles. The van der Waals surface area contributed by atoms with Crippen molar-refractivity contribution in [2.24, 2.45) is 11.7 Å². The van der Waals surface area contributed by atoms with Crippen LogP contribution in [0.15, 0.2) is 0 Å². The summed E-state index contributed by atoms with van der Waals surface area (Å²) in [6, 6.07) is 0.562. The highest BCUT2D eigenvalue weighted by Crippen LogP contribution is 2.23. The molecule has 0 aromatic heterocycles. The van der Waals surface area contributed by atoms with E-state index >= 15 is 0 Å². The van der Waals surface area contributed by atoms with E-state index in [4.69, 9.17) is 5.73 Å². The van der Waals surface area contributed by atoms with E-state index in [-0.39, 0.29) is 5.54 Å². The van der Waals surface area contributed by atoms with Crippen LogP contribution in [0.3, 0.4) is 0 Å². The molecule has 1 unspecified atom stereocenters. The fourth-order valence-corrected chi connectivity index (χ4v) is 1.87. The number of nitrogens with two attached hydrogens (primary N) is 1. The van der Waals surface area contributed by atoms with Gasteiger partial charge >= 0.3 is 0 Å². The molecule has 2 N–H and O–H groups in total. The molecule has 0 rings (SSSR count). The van der Waals surface area contributed by atoms with Crippen molar-refractivity contribution >= 4 is 0 Å². The number of rotatable bonds is 5. The molecule has 2 nitrogen and oxygen atoms in total. The van der Waals surface area contributed by atoms with Crippen molar-refractivity contribution in [1.82, 2.24) is 4.90 Å². The van der Waals surface area contributed by atoms with E-state index in [0.29, 0.717) is 12.0 Å². The van der Waals surface area contributed by atoms with Crippen molar-refractivity contribution in [3.63, 3.8) is 0 Å². The molecule has 0 saturated heterocycles. The molecular formula is C11H26N2. The van der Waals surface area contributed by atoms with Gasteiger partial charge in [-0.15, -0.1) is 0 Å². The SMILES string of the molecule is CC(C)CC(C)(CN)N(C)C(C)C. The van der Waals surface area contributed by atoms with Gasteiger partial charge in [0.05, 0.1) is 0 Å². The zero-order chi connectivity index (χ0) is 10.6. The third-order valence-corrected chi connectivity index (χ3v) is 2.91. The zero-order valence-corrected chi connectivity index (χ0v) is 10.1. The van der Waals surface area contributed by atoms with Gasteiger partial charge in [-0.3, -0.25) is 4.90 Å². The van der Waals surface area contributed by atoms with E-state index in [2.05, 4.69) is 46.6 Å². The van der Waals surface area contributed by atoms with Gasteiger partial charge in [-0.05, 0) is 40.2 Å². The topological polar surface area (TPSA) is 29.3 Å². The Morgan fingerprint density at radius 1 is 1.23 bits per heavy atom. The molecule has 0 amide bonds. The van der Waals surface area contributed by atoms with Crippen LogP contribution in [0.2, 0.25) is 0 Å². The first kappa shape index (κ1) is 12.9. The van der Waals surface area contributed by atoms with Gasteiger partial charge in [-0.1, -0.05) is 13.8 Å². The Morgan fingerprint density at radius 2 is 1.69 bits per heavy atom. The van der Waals surface area contributed by atoms with Crippen LogP contribution in [0.4, 0.5) is 0 Å². The largest absolute Gasteiger partial charge is 0.329 e. The Bertz CT molecular complexity index is 143. The molecule has 2 heteroatoms. The molecule has 0 saturated carbocycles. The average molecular weight is 186 g/mol. The lowest BCUT2D eigenvalue weighted by Gasteiger charge is -2.42. The fourth-order valence-electron chi connectivity index (χ4n) is 1.87. The maximum atomic E-state index is 5.85. The summed E-state index contributed by atoms with van der Waals surface area (Å²) in [5.74, 6) is 0.703. The molecule has 80 valence electrons. The molecule has 0 bridgehead atoms. The molecule has 0 heterocycles. The highest BCUT2D eigenvalue weighted by atomic mass is 15.2. The van der Waals surface area contributed by atoms with Gasteiger partial charge in [0.1, 0.15) is 0 Å². The van der Waals surface area contributed by atoms with Gasteiger partial charge < -0.3 is 5.73 Å². The Balaban J connectivity index is 4.42. The number of hydrogen-bond acceptors (Lipinski definition) is 2. The lowest BCUT2D eigenvalue weighted by molar-refractivity contribution is 0.0879. The predicted molar refractivity (Wildman–Crippen MR) is 59.8 cm³/mol. The first-order valence-electron chi connectivity index (χ1n) is 5.26. The Morgan fingerprint density at radius 3 is 1.92 bits per heavy atom. The normalized spacial score (nSPS) is 17.1. The van der Waals surface area contributed by atoms with Crippen molar-refractivity contribution < 1.29 is 0 Å². The highest BCUT2D eigenvalue weighted by Gasteiger charge is 2.29. The molecule has 13 heavy (non-hydrogen) atoms. The summed E-state index contributed by atoms with van der Waals surface area (Å²) in [5.41, 5.74) is 6.01. The molecule has 0 aliphatic carbocycles. The van der Waals surface area contributed by atoms with Crippen molar-refractivity contribution in [2.75, 3.05) is 13.6 Å². The Kier molecular flexibility index (Phi) is 4.93. The maximum Gasteiger partial charge on any atom is 0.0305 e. The minimum absolute atomic E-state index is 0.155. The third kappa shape index (κ3) is 3.65. The summed E-state index contributed by atoms with van der Waals surface area (Å²) in [5, 5.41) is 0. The van der Waals surface area contributed by atoms with Gasteiger partial charge in [-0.2, -0.15) is 0 Å². The minimum atomic E-state index is 0.155. The summed E-state index contributed by atoms with van der Waals surface area (Å²) in [6.45, 7) is 11.9. The van der Waals surface area contributed by atoms with Crippen LogP contribution in [0.25, 0.3) is 0 Å². The Hall–Kier alpha value is -0.0800.